The highest BCUT2D eigenvalue weighted by Crippen LogP contribution is 2.51. The predicted molar refractivity (Wildman–Crippen MR) is 52.5 cm³/mol. The number of fused-ring (bicyclic) bond motifs is 1. The minimum atomic E-state index is 0.711. The van der Waals surface area contributed by atoms with Gasteiger partial charge in [0.1, 0.15) is 0 Å². The molecule has 0 aromatic rings. The lowest BCUT2D eigenvalue weighted by atomic mass is 10.2. The monoisotopic (exact) mass is 187 g/mol. The van der Waals surface area contributed by atoms with Crippen molar-refractivity contribution >= 4 is 11.6 Å². The zero-order chi connectivity index (χ0) is 8.72. The van der Waals surface area contributed by atoms with E-state index >= 15 is 0 Å². The Balaban J connectivity index is 1.78. The van der Waals surface area contributed by atoms with E-state index < -0.39 is 0 Å². The molecule has 1 nitrogen and oxygen atoms in total. The van der Waals surface area contributed by atoms with Gasteiger partial charge >= 0.3 is 0 Å². The van der Waals surface area contributed by atoms with Gasteiger partial charge in [0.25, 0.3) is 0 Å². The van der Waals surface area contributed by atoms with Crippen molar-refractivity contribution in [3.8, 4) is 0 Å². The van der Waals surface area contributed by atoms with Gasteiger partial charge in [-0.15, -0.1) is 11.6 Å². The fourth-order valence-corrected chi connectivity index (χ4v) is 2.87. The van der Waals surface area contributed by atoms with Crippen molar-refractivity contribution in [1.82, 2.24) is 4.90 Å². The quantitative estimate of drug-likeness (QED) is 0.613. The van der Waals surface area contributed by atoms with Gasteiger partial charge in [-0.1, -0.05) is 6.92 Å². The largest absolute Gasteiger partial charge is 0.300 e. The van der Waals surface area contributed by atoms with Gasteiger partial charge in [-0.3, -0.25) is 0 Å². The van der Waals surface area contributed by atoms with Crippen molar-refractivity contribution in [2.75, 3.05) is 19.0 Å². The van der Waals surface area contributed by atoms with Crippen LogP contribution in [0.4, 0.5) is 0 Å². The minimum Gasteiger partial charge on any atom is -0.300 e. The minimum absolute atomic E-state index is 0.711. The van der Waals surface area contributed by atoms with Gasteiger partial charge in [-0.05, 0) is 31.1 Å². The van der Waals surface area contributed by atoms with E-state index in [9.17, 15) is 0 Å². The first-order chi connectivity index (χ1) is 5.74. The number of rotatable bonds is 3. The standard InChI is InChI=1S/C10H18ClN/c1-7(3-4-11)12-5-9-8(2)10(9)6-12/h7-10H,3-6H2,1-2H3. The van der Waals surface area contributed by atoms with Crippen LogP contribution in [0.25, 0.3) is 0 Å². The normalized spacial score (nSPS) is 42.8. The Morgan fingerprint density at radius 1 is 1.42 bits per heavy atom. The van der Waals surface area contributed by atoms with Crippen molar-refractivity contribution in [3.05, 3.63) is 0 Å². The van der Waals surface area contributed by atoms with Crippen molar-refractivity contribution in [1.29, 1.82) is 0 Å². The van der Waals surface area contributed by atoms with E-state index in [0.29, 0.717) is 6.04 Å². The Hall–Kier alpha value is 0.250. The van der Waals surface area contributed by atoms with Gasteiger partial charge in [0.05, 0.1) is 0 Å². The summed E-state index contributed by atoms with van der Waals surface area (Å²) in [5.74, 6) is 3.89. The number of halogens is 1. The van der Waals surface area contributed by atoms with Crippen LogP contribution in [-0.2, 0) is 0 Å². The Morgan fingerprint density at radius 3 is 2.50 bits per heavy atom. The maximum absolute atomic E-state index is 5.72. The third-order valence-corrected chi connectivity index (χ3v) is 4.02. The van der Waals surface area contributed by atoms with Crippen LogP contribution in [-0.4, -0.2) is 29.9 Å². The Kier molecular flexibility index (Phi) is 2.35. The Bertz CT molecular complexity index is 159. The van der Waals surface area contributed by atoms with Crippen LogP contribution in [0.15, 0.2) is 0 Å². The van der Waals surface area contributed by atoms with Crippen LogP contribution < -0.4 is 0 Å². The first kappa shape index (κ1) is 8.83. The summed E-state index contributed by atoms with van der Waals surface area (Å²) in [4.78, 5) is 2.61. The molecule has 2 fully saturated rings. The number of likely N-dealkylation sites (tertiary alicyclic amines) is 1. The fourth-order valence-electron chi connectivity index (χ4n) is 2.56. The van der Waals surface area contributed by atoms with E-state index in [0.717, 1.165) is 30.1 Å². The molecule has 70 valence electrons. The van der Waals surface area contributed by atoms with E-state index in [1.54, 1.807) is 0 Å². The summed E-state index contributed by atoms with van der Waals surface area (Å²) < 4.78 is 0. The maximum Gasteiger partial charge on any atom is 0.0238 e. The molecule has 0 amide bonds. The van der Waals surface area contributed by atoms with Crippen LogP contribution in [0.2, 0.25) is 0 Å². The lowest BCUT2D eigenvalue weighted by Gasteiger charge is -2.25. The molecule has 2 aliphatic rings. The zero-order valence-corrected chi connectivity index (χ0v) is 8.72. The van der Waals surface area contributed by atoms with Gasteiger partial charge in [-0.25, -0.2) is 0 Å². The van der Waals surface area contributed by atoms with Crippen LogP contribution >= 0.6 is 11.6 Å². The molecule has 0 bridgehead atoms. The molecule has 1 saturated carbocycles. The highest BCUT2D eigenvalue weighted by atomic mass is 35.5. The smallest absolute Gasteiger partial charge is 0.0238 e. The molecular weight excluding hydrogens is 170 g/mol. The molecule has 0 aromatic carbocycles. The summed E-state index contributed by atoms with van der Waals surface area (Å²) in [6, 6.07) is 0.711. The van der Waals surface area contributed by atoms with Crippen LogP contribution in [0, 0.1) is 17.8 Å². The molecule has 3 unspecified atom stereocenters. The number of hydrogen-bond acceptors (Lipinski definition) is 1. The van der Waals surface area contributed by atoms with Gasteiger partial charge < -0.3 is 4.90 Å². The van der Waals surface area contributed by atoms with Crippen molar-refractivity contribution in [2.45, 2.75) is 26.3 Å². The predicted octanol–water partition coefficient (Wildman–Crippen LogP) is 2.20. The first-order valence-corrected chi connectivity index (χ1v) is 5.57. The second kappa shape index (κ2) is 3.19. The number of alkyl halides is 1. The third kappa shape index (κ3) is 1.38. The van der Waals surface area contributed by atoms with E-state index in [1.807, 2.05) is 0 Å². The highest BCUT2D eigenvalue weighted by Gasteiger charge is 2.52. The fraction of sp³-hybridized carbons (Fsp3) is 1.00. The molecule has 1 aliphatic heterocycles. The Morgan fingerprint density at radius 2 is 2.00 bits per heavy atom. The van der Waals surface area contributed by atoms with Crippen LogP contribution in [0.1, 0.15) is 20.3 Å². The molecular formula is C10H18ClN. The van der Waals surface area contributed by atoms with Gasteiger partial charge in [0.15, 0.2) is 0 Å². The molecule has 12 heavy (non-hydrogen) atoms. The summed E-state index contributed by atoms with van der Waals surface area (Å²) in [5, 5.41) is 0. The van der Waals surface area contributed by atoms with Gasteiger partial charge in [0, 0.05) is 25.0 Å². The summed E-state index contributed by atoms with van der Waals surface area (Å²) >= 11 is 5.72. The molecule has 2 heteroatoms. The number of piperidine rings is 1. The highest BCUT2D eigenvalue weighted by molar-refractivity contribution is 6.17. The van der Waals surface area contributed by atoms with Crippen molar-refractivity contribution < 1.29 is 0 Å². The third-order valence-electron chi connectivity index (χ3n) is 3.80. The molecule has 1 heterocycles. The van der Waals surface area contributed by atoms with Crippen LogP contribution in [0.3, 0.4) is 0 Å². The van der Waals surface area contributed by atoms with E-state index in [-0.39, 0.29) is 0 Å². The van der Waals surface area contributed by atoms with Crippen LogP contribution in [0.5, 0.6) is 0 Å². The molecule has 0 aromatic heterocycles. The molecule has 2 rings (SSSR count). The summed E-state index contributed by atoms with van der Waals surface area (Å²) in [6.45, 7) is 7.37. The van der Waals surface area contributed by atoms with E-state index in [2.05, 4.69) is 18.7 Å². The average Bonchev–Trinajstić information content (AvgIpc) is 2.52. The van der Waals surface area contributed by atoms with E-state index in [4.69, 9.17) is 11.6 Å². The van der Waals surface area contributed by atoms with Gasteiger partial charge in [0.2, 0.25) is 0 Å². The molecule has 1 aliphatic carbocycles. The second-order valence-corrected chi connectivity index (χ2v) is 4.85. The van der Waals surface area contributed by atoms with Gasteiger partial charge in [-0.2, -0.15) is 0 Å². The molecule has 0 N–H and O–H groups in total. The summed E-state index contributed by atoms with van der Waals surface area (Å²) in [5.41, 5.74) is 0. The second-order valence-electron chi connectivity index (χ2n) is 4.47. The molecule has 0 spiro atoms. The SMILES string of the molecule is CC1C2CN(C(C)CCCl)CC12. The maximum atomic E-state index is 5.72. The van der Waals surface area contributed by atoms with Crippen molar-refractivity contribution in [2.24, 2.45) is 17.8 Å². The molecule has 0 radical (unpaired) electrons. The average molecular weight is 188 g/mol. The summed E-state index contributed by atoms with van der Waals surface area (Å²) in [6.07, 6.45) is 1.15. The zero-order valence-electron chi connectivity index (χ0n) is 7.96. The Labute approximate surface area is 80.1 Å². The molecule has 1 saturated heterocycles. The number of nitrogens with zero attached hydrogens (tertiary/aromatic N) is 1. The number of hydrogen-bond donors (Lipinski definition) is 0. The first-order valence-electron chi connectivity index (χ1n) is 5.04. The van der Waals surface area contributed by atoms with E-state index in [1.165, 1.54) is 13.1 Å². The lowest BCUT2D eigenvalue weighted by Crippen LogP contribution is -2.33. The molecule has 3 atom stereocenters. The summed E-state index contributed by atoms with van der Waals surface area (Å²) in [7, 11) is 0. The lowest BCUT2D eigenvalue weighted by molar-refractivity contribution is 0.218. The topological polar surface area (TPSA) is 3.24 Å². The van der Waals surface area contributed by atoms with Crippen molar-refractivity contribution in [3.63, 3.8) is 0 Å².